The molecule has 212 valence electrons. The van der Waals surface area contributed by atoms with E-state index in [1.54, 1.807) is 55.4 Å². The molecule has 35 heavy (non-hydrogen) atoms. The number of halogens is 4. The van der Waals surface area contributed by atoms with Crippen molar-refractivity contribution in [2.24, 2.45) is 0 Å². The van der Waals surface area contributed by atoms with Gasteiger partial charge in [-0.05, 0) is 0 Å². The molecule has 0 aliphatic carbocycles. The monoisotopic (exact) mass is 666 g/mol. The molecule has 0 aromatic heterocycles. The largest absolute Gasteiger partial charge is 4.00 e. The molecule has 0 aromatic rings. The standard InChI is InChI=1S/2C6H13.4C3H7O.4ClH.Mg.2Ti/c2*1-3-5-6-4-2;4*1-3(2)4;;;;;;;/h2*1,3-6H2,2H3;4*3H,1-2H3;4*1H;;;/q6*-1;;;;;+2;2*+4/p-4. The minimum absolute atomic E-state index is 0. The first-order chi connectivity index (χ1) is 14.8. The van der Waals surface area contributed by atoms with E-state index in [1.165, 1.54) is 38.5 Å². The SMILES string of the molecule is CC(C)[O-].CC(C)[O-].CC(C)[O-].CC(C)[O-].[CH2-]CCCCC.[CH2-]CCCCC.[Cl][Ti]([Cl])([Cl])[Cl].[Mg+2].[Ti+4]. The Morgan fingerprint density at radius 3 is 0.686 bits per heavy atom. The first-order valence-corrected chi connectivity index (χ1v) is 20.3. The molecule has 0 spiro atoms. The van der Waals surface area contributed by atoms with E-state index >= 15 is 0 Å². The first-order valence-electron chi connectivity index (χ1n) is 11.7. The zero-order valence-corrected chi connectivity index (χ0v) is 31.8. The summed E-state index contributed by atoms with van der Waals surface area (Å²) in [6, 6.07) is 0. The topological polar surface area (TPSA) is 92.2 Å². The molecule has 0 aliphatic heterocycles. The van der Waals surface area contributed by atoms with Crippen molar-refractivity contribution in [2.75, 3.05) is 0 Å². The molecule has 0 radical (unpaired) electrons. The van der Waals surface area contributed by atoms with Gasteiger partial charge in [0.25, 0.3) is 0 Å². The van der Waals surface area contributed by atoms with Crippen LogP contribution in [0.5, 0.6) is 0 Å². The van der Waals surface area contributed by atoms with Gasteiger partial charge >= 0.3 is 94.3 Å². The van der Waals surface area contributed by atoms with Crippen LogP contribution >= 0.6 is 37.2 Å². The van der Waals surface area contributed by atoms with E-state index in [4.69, 9.17) is 37.2 Å². The van der Waals surface area contributed by atoms with Gasteiger partial charge in [-0.3, -0.25) is 0 Å². The molecule has 0 amide bonds. The van der Waals surface area contributed by atoms with Crippen LogP contribution in [0.1, 0.15) is 121 Å². The van der Waals surface area contributed by atoms with Crippen LogP contribution in [-0.4, -0.2) is 47.5 Å². The average molecular weight is 669 g/mol. The van der Waals surface area contributed by atoms with Crippen molar-refractivity contribution in [3.8, 4) is 0 Å². The summed E-state index contributed by atoms with van der Waals surface area (Å²) in [5, 5.41) is 38.1. The van der Waals surface area contributed by atoms with Gasteiger partial charge in [0.15, 0.2) is 0 Å². The maximum absolute atomic E-state index is 9.53. The molecule has 0 atom stereocenters. The summed E-state index contributed by atoms with van der Waals surface area (Å²) < 4.78 is 0. The molecule has 4 nitrogen and oxygen atoms in total. The zero-order valence-electron chi connectivity index (χ0n) is 24.2. The van der Waals surface area contributed by atoms with Crippen LogP contribution in [-0.2, 0) is 34.1 Å². The van der Waals surface area contributed by atoms with Crippen molar-refractivity contribution in [3.63, 3.8) is 0 Å². The van der Waals surface area contributed by atoms with Crippen LogP contribution < -0.4 is 20.4 Å². The van der Waals surface area contributed by atoms with Crippen molar-refractivity contribution in [2.45, 2.75) is 145 Å². The Kier molecular flexibility index (Phi) is 101. The summed E-state index contributed by atoms with van der Waals surface area (Å²) in [6.07, 6.45) is 8.48. The molecule has 11 heteroatoms. The van der Waals surface area contributed by atoms with Gasteiger partial charge in [0.2, 0.25) is 0 Å². The molecule has 0 fully saturated rings. The van der Waals surface area contributed by atoms with E-state index in [2.05, 4.69) is 27.7 Å². The zero-order chi connectivity index (χ0) is 28.5. The summed E-state index contributed by atoms with van der Waals surface area (Å²) in [7, 11) is 20.1. The molecular formula is C24H54Cl4MgO4Ti2. The molecule has 0 aromatic carbocycles. The van der Waals surface area contributed by atoms with E-state index in [1.807, 2.05) is 0 Å². The Hall–Kier alpha value is 3.19. The van der Waals surface area contributed by atoms with Crippen LogP contribution in [0, 0.1) is 13.8 Å². The number of hydrogen-bond acceptors (Lipinski definition) is 4. The normalized spacial score (nSPS) is 8.91. The fourth-order valence-corrected chi connectivity index (χ4v) is 0.854. The minimum atomic E-state index is -3.11. The number of unbranched alkanes of at least 4 members (excludes halogenated alkanes) is 6. The van der Waals surface area contributed by atoms with Crippen LogP contribution in [0.15, 0.2) is 0 Å². The van der Waals surface area contributed by atoms with Gasteiger partial charge in [0.1, 0.15) is 0 Å². The Bertz CT molecular complexity index is 221. The van der Waals surface area contributed by atoms with Gasteiger partial charge < -0.3 is 34.3 Å². The number of hydrogen-bond donors (Lipinski definition) is 0. The molecule has 0 N–H and O–H groups in total. The summed E-state index contributed by atoms with van der Waals surface area (Å²) in [5.74, 6) is 0. The van der Waals surface area contributed by atoms with Crippen molar-refractivity contribution in [1.82, 2.24) is 0 Å². The van der Waals surface area contributed by atoms with Crippen molar-refractivity contribution < 1.29 is 54.5 Å². The Morgan fingerprint density at radius 1 is 0.543 bits per heavy atom. The molecular weight excluding hydrogens is 614 g/mol. The maximum atomic E-state index is 9.53. The third-order valence-electron chi connectivity index (χ3n) is 1.71. The average Bonchev–Trinajstić information content (AvgIpc) is 2.55. The van der Waals surface area contributed by atoms with E-state index in [9.17, 15) is 20.4 Å². The van der Waals surface area contributed by atoms with E-state index in [-0.39, 0.29) is 44.8 Å². The van der Waals surface area contributed by atoms with Crippen molar-refractivity contribution >= 4 is 60.3 Å². The van der Waals surface area contributed by atoms with Crippen LogP contribution in [0.3, 0.4) is 0 Å². The van der Waals surface area contributed by atoms with E-state index in [0.717, 1.165) is 12.8 Å². The van der Waals surface area contributed by atoms with Crippen LogP contribution in [0.25, 0.3) is 0 Å². The fourth-order valence-electron chi connectivity index (χ4n) is 0.854. The van der Waals surface area contributed by atoms with E-state index < -0.39 is 36.8 Å². The molecule has 0 rings (SSSR count). The second-order valence-corrected chi connectivity index (χ2v) is 23.2. The van der Waals surface area contributed by atoms with Crippen LogP contribution in [0.2, 0.25) is 0 Å². The summed E-state index contributed by atoms with van der Waals surface area (Å²) in [6.45, 7) is 24.7. The summed E-state index contributed by atoms with van der Waals surface area (Å²) in [5.41, 5.74) is 0. The quantitative estimate of drug-likeness (QED) is 0.192. The van der Waals surface area contributed by atoms with Gasteiger partial charge in [0.05, 0.1) is 0 Å². The van der Waals surface area contributed by atoms with Gasteiger partial charge in [-0.1, -0.05) is 108 Å². The second-order valence-electron chi connectivity index (χ2n) is 7.74. The smallest absolute Gasteiger partial charge is 2.00 e. The third kappa shape index (κ3) is 545. The Labute approximate surface area is 270 Å². The van der Waals surface area contributed by atoms with E-state index in [0.29, 0.717) is 0 Å². The summed E-state index contributed by atoms with van der Waals surface area (Å²) in [4.78, 5) is 0. The predicted octanol–water partition coefficient (Wildman–Crippen LogP) is 6.19. The van der Waals surface area contributed by atoms with Gasteiger partial charge in [-0.2, -0.15) is 12.8 Å². The molecule has 0 saturated carbocycles. The Morgan fingerprint density at radius 2 is 0.657 bits per heavy atom. The third-order valence-corrected chi connectivity index (χ3v) is 1.71. The second kappa shape index (κ2) is 57.2. The van der Waals surface area contributed by atoms with Crippen LogP contribution in [0.4, 0.5) is 0 Å². The van der Waals surface area contributed by atoms with Gasteiger partial charge in [0, 0.05) is 0 Å². The minimum Gasteiger partial charge on any atom is 2.00 e. The molecule has 0 aliphatic rings. The summed E-state index contributed by atoms with van der Waals surface area (Å²) >= 11 is -3.11. The molecule has 0 unspecified atom stereocenters. The van der Waals surface area contributed by atoms with Gasteiger partial charge in [-0.25, -0.2) is 0 Å². The predicted molar refractivity (Wildman–Crippen MR) is 149 cm³/mol. The van der Waals surface area contributed by atoms with Crippen molar-refractivity contribution in [1.29, 1.82) is 0 Å². The fraction of sp³-hybridized carbons (Fsp3) is 0.917. The van der Waals surface area contributed by atoms with Gasteiger partial charge in [-0.15, -0.1) is 24.4 Å². The Balaban J connectivity index is -0.0000000321. The van der Waals surface area contributed by atoms with Crippen molar-refractivity contribution in [3.05, 3.63) is 13.8 Å². The maximum Gasteiger partial charge on any atom is 4.00 e. The molecule has 0 heterocycles. The molecule has 0 saturated heterocycles. The number of rotatable bonds is 6. The first kappa shape index (κ1) is 62.0. The molecule has 0 bridgehead atoms.